The van der Waals surface area contributed by atoms with Crippen molar-refractivity contribution >= 4 is 11.8 Å². The van der Waals surface area contributed by atoms with E-state index < -0.39 is 6.10 Å². The van der Waals surface area contributed by atoms with Gasteiger partial charge >= 0.3 is 0 Å². The van der Waals surface area contributed by atoms with Crippen molar-refractivity contribution in [1.82, 2.24) is 10.2 Å². The number of amides is 2. The third kappa shape index (κ3) is 4.84. The Hall–Kier alpha value is -1.88. The van der Waals surface area contributed by atoms with Gasteiger partial charge < -0.3 is 15.3 Å². The van der Waals surface area contributed by atoms with Gasteiger partial charge in [-0.15, -0.1) is 0 Å². The second-order valence-electron chi connectivity index (χ2n) is 5.82. The zero-order valence-electron chi connectivity index (χ0n) is 13.0. The summed E-state index contributed by atoms with van der Waals surface area (Å²) >= 11 is 0. The molecule has 2 N–H and O–H groups in total. The fraction of sp³-hybridized carbons (Fsp3) is 0.529. The molecule has 0 aromatic heterocycles. The average molecular weight is 304 g/mol. The number of hydrogen-bond donors (Lipinski definition) is 2. The number of benzene rings is 1. The van der Waals surface area contributed by atoms with Crippen LogP contribution in [0.5, 0.6) is 0 Å². The van der Waals surface area contributed by atoms with Crippen LogP contribution < -0.4 is 5.32 Å². The molecule has 2 amide bonds. The minimum absolute atomic E-state index is 0.111. The van der Waals surface area contributed by atoms with E-state index >= 15 is 0 Å². The van der Waals surface area contributed by atoms with Crippen molar-refractivity contribution in [2.75, 3.05) is 13.1 Å². The summed E-state index contributed by atoms with van der Waals surface area (Å²) in [6.45, 7) is 2.57. The number of likely N-dealkylation sites (tertiary alicyclic amines) is 1. The number of aryl methyl sites for hydroxylation is 1. The Morgan fingerprint density at radius 3 is 2.59 bits per heavy atom. The fourth-order valence-corrected chi connectivity index (χ4v) is 2.82. The summed E-state index contributed by atoms with van der Waals surface area (Å²) in [7, 11) is 0. The van der Waals surface area contributed by atoms with E-state index in [2.05, 4.69) is 5.32 Å². The summed E-state index contributed by atoms with van der Waals surface area (Å²) in [4.78, 5) is 25.3. The molecule has 1 heterocycles. The zero-order chi connectivity index (χ0) is 15.9. The minimum atomic E-state index is -0.587. The van der Waals surface area contributed by atoms with E-state index in [-0.39, 0.29) is 17.9 Å². The van der Waals surface area contributed by atoms with Crippen LogP contribution >= 0.6 is 0 Å². The summed E-state index contributed by atoms with van der Waals surface area (Å²) < 4.78 is 0. The van der Waals surface area contributed by atoms with Gasteiger partial charge in [-0.25, -0.2) is 0 Å². The largest absolute Gasteiger partial charge is 0.391 e. The van der Waals surface area contributed by atoms with Gasteiger partial charge in [0.15, 0.2) is 0 Å². The summed E-state index contributed by atoms with van der Waals surface area (Å²) in [6.07, 6.45) is 1.72. The molecule has 1 aliphatic rings. The van der Waals surface area contributed by atoms with Crippen molar-refractivity contribution < 1.29 is 14.7 Å². The average Bonchev–Trinajstić information content (AvgIpc) is 2.68. The Morgan fingerprint density at radius 2 is 1.91 bits per heavy atom. The molecular formula is C17H24N2O3. The minimum Gasteiger partial charge on any atom is -0.391 e. The lowest BCUT2D eigenvalue weighted by atomic mass is 10.1. The zero-order valence-corrected chi connectivity index (χ0v) is 13.0. The van der Waals surface area contributed by atoms with Crippen LogP contribution in [0.2, 0.25) is 0 Å². The maximum absolute atomic E-state index is 12.3. The summed E-state index contributed by atoms with van der Waals surface area (Å²) in [5.74, 6) is -0.0348. The molecule has 1 saturated heterocycles. The van der Waals surface area contributed by atoms with Gasteiger partial charge in [0.1, 0.15) is 0 Å². The summed E-state index contributed by atoms with van der Waals surface area (Å²) in [6, 6.07) is 9.69. The van der Waals surface area contributed by atoms with E-state index in [9.17, 15) is 14.7 Å². The molecule has 5 nitrogen and oxygen atoms in total. The van der Waals surface area contributed by atoms with Crippen LogP contribution in [0.1, 0.15) is 31.7 Å². The van der Waals surface area contributed by atoms with Crippen LogP contribution in [0, 0.1) is 0 Å². The topological polar surface area (TPSA) is 69.6 Å². The molecule has 1 fully saturated rings. The van der Waals surface area contributed by atoms with E-state index in [0.29, 0.717) is 32.4 Å². The second-order valence-corrected chi connectivity index (χ2v) is 5.82. The normalized spacial score (nSPS) is 22.0. The van der Waals surface area contributed by atoms with Crippen LogP contribution in [-0.4, -0.2) is 47.1 Å². The molecule has 2 rings (SSSR count). The number of rotatable bonds is 4. The first-order valence-electron chi connectivity index (χ1n) is 7.83. The van der Waals surface area contributed by atoms with Gasteiger partial charge in [0.05, 0.1) is 12.1 Å². The lowest BCUT2D eigenvalue weighted by Gasteiger charge is -2.21. The van der Waals surface area contributed by atoms with Crippen molar-refractivity contribution in [2.45, 2.75) is 44.8 Å². The smallest absolute Gasteiger partial charge is 0.222 e. The molecule has 0 saturated carbocycles. The molecule has 0 bridgehead atoms. The molecule has 120 valence electrons. The number of aliphatic hydroxyl groups excluding tert-OH is 1. The Kier molecular flexibility index (Phi) is 5.95. The number of nitrogens with zero attached hydrogens (tertiary/aromatic N) is 1. The van der Waals surface area contributed by atoms with Crippen molar-refractivity contribution in [2.24, 2.45) is 0 Å². The molecule has 2 atom stereocenters. The maximum atomic E-state index is 12.3. The standard InChI is InChI=1S/C17H24N2O3/c1-13(20)18-15-9-11-19(12-10-16(15)21)17(22)8-7-14-5-3-2-4-6-14/h2-6,15-16,21H,7-12H2,1H3,(H,18,20)/t15-,16-/m0/s1. The quantitative estimate of drug-likeness (QED) is 0.875. The van der Waals surface area contributed by atoms with E-state index in [1.54, 1.807) is 4.90 Å². The Labute approximate surface area is 131 Å². The predicted octanol–water partition coefficient (Wildman–Crippen LogP) is 1.11. The van der Waals surface area contributed by atoms with Crippen molar-refractivity contribution in [3.63, 3.8) is 0 Å². The van der Waals surface area contributed by atoms with Crippen LogP contribution in [0.4, 0.5) is 0 Å². The van der Waals surface area contributed by atoms with Crippen molar-refractivity contribution in [3.05, 3.63) is 35.9 Å². The molecule has 1 aliphatic heterocycles. The van der Waals surface area contributed by atoms with Gasteiger partial charge in [0.25, 0.3) is 0 Å². The molecule has 0 spiro atoms. The highest BCUT2D eigenvalue weighted by Crippen LogP contribution is 2.14. The highest BCUT2D eigenvalue weighted by atomic mass is 16.3. The van der Waals surface area contributed by atoms with Crippen LogP contribution in [0.25, 0.3) is 0 Å². The van der Waals surface area contributed by atoms with Crippen LogP contribution in [0.15, 0.2) is 30.3 Å². The van der Waals surface area contributed by atoms with Gasteiger partial charge in [0, 0.05) is 26.4 Å². The third-order valence-corrected chi connectivity index (χ3v) is 4.08. The summed E-state index contributed by atoms with van der Waals surface area (Å²) in [5.41, 5.74) is 1.15. The van der Waals surface area contributed by atoms with Gasteiger partial charge in [-0.3, -0.25) is 9.59 Å². The molecule has 5 heteroatoms. The molecule has 0 unspecified atom stereocenters. The highest BCUT2D eigenvalue weighted by Gasteiger charge is 2.27. The summed E-state index contributed by atoms with van der Waals surface area (Å²) in [5, 5.41) is 12.8. The van der Waals surface area contributed by atoms with E-state index in [4.69, 9.17) is 0 Å². The molecule has 0 radical (unpaired) electrons. The van der Waals surface area contributed by atoms with E-state index in [1.807, 2.05) is 30.3 Å². The maximum Gasteiger partial charge on any atom is 0.222 e. The molecule has 1 aromatic carbocycles. The molecular weight excluding hydrogens is 280 g/mol. The van der Waals surface area contributed by atoms with Gasteiger partial charge in [-0.2, -0.15) is 0 Å². The lowest BCUT2D eigenvalue weighted by Crippen LogP contribution is -2.42. The first-order valence-corrected chi connectivity index (χ1v) is 7.83. The van der Waals surface area contributed by atoms with E-state index in [1.165, 1.54) is 6.92 Å². The second kappa shape index (κ2) is 7.94. The van der Waals surface area contributed by atoms with Crippen LogP contribution in [-0.2, 0) is 16.0 Å². The number of aliphatic hydroxyl groups is 1. The lowest BCUT2D eigenvalue weighted by molar-refractivity contribution is -0.131. The van der Waals surface area contributed by atoms with Gasteiger partial charge in [-0.05, 0) is 24.8 Å². The fourth-order valence-electron chi connectivity index (χ4n) is 2.82. The Morgan fingerprint density at radius 1 is 1.23 bits per heavy atom. The number of carbonyl (C=O) groups excluding carboxylic acids is 2. The number of hydrogen-bond acceptors (Lipinski definition) is 3. The first kappa shape index (κ1) is 16.5. The van der Waals surface area contributed by atoms with Crippen LogP contribution in [0.3, 0.4) is 0 Å². The predicted molar refractivity (Wildman–Crippen MR) is 84.2 cm³/mol. The number of nitrogens with one attached hydrogen (secondary N) is 1. The molecule has 22 heavy (non-hydrogen) atoms. The molecule has 0 aliphatic carbocycles. The SMILES string of the molecule is CC(=O)N[C@H]1CCN(C(=O)CCc2ccccc2)CC[C@@H]1O. The Bertz CT molecular complexity index is 504. The first-order chi connectivity index (χ1) is 10.6. The third-order valence-electron chi connectivity index (χ3n) is 4.08. The number of carbonyl (C=O) groups is 2. The van der Waals surface area contributed by atoms with Gasteiger partial charge in [0.2, 0.25) is 11.8 Å². The van der Waals surface area contributed by atoms with Gasteiger partial charge in [-0.1, -0.05) is 30.3 Å². The Balaban J connectivity index is 1.84. The molecule has 1 aromatic rings. The van der Waals surface area contributed by atoms with E-state index in [0.717, 1.165) is 12.0 Å². The van der Waals surface area contributed by atoms with Crippen molar-refractivity contribution in [3.8, 4) is 0 Å². The monoisotopic (exact) mass is 304 g/mol. The highest BCUT2D eigenvalue weighted by molar-refractivity contribution is 5.76. The van der Waals surface area contributed by atoms with Crippen molar-refractivity contribution in [1.29, 1.82) is 0 Å².